The molecule has 14 heavy (non-hydrogen) atoms. The van der Waals surface area contributed by atoms with Gasteiger partial charge in [-0.25, -0.2) is 4.98 Å². The molecule has 0 spiro atoms. The number of aromatic amines is 1. The lowest BCUT2D eigenvalue weighted by Crippen LogP contribution is -2.09. The minimum atomic E-state index is 0.0802. The number of pyridine rings is 1. The highest BCUT2D eigenvalue weighted by atomic mass is 14.8. The average Bonchev–Trinajstić information content (AvgIpc) is 2.58. The summed E-state index contributed by atoms with van der Waals surface area (Å²) < 4.78 is 0. The SMILES string of the molecule is CC(N)/C=C/c1c[nH]c2ncccc12. The first-order chi connectivity index (χ1) is 6.77. The smallest absolute Gasteiger partial charge is 0.137 e. The molecule has 72 valence electrons. The van der Waals surface area contributed by atoms with E-state index in [9.17, 15) is 0 Å². The molecule has 0 radical (unpaired) electrons. The first-order valence-electron chi connectivity index (χ1n) is 4.63. The standard InChI is InChI=1S/C11H13N3/c1-8(12)4-5-9-7-14-11-10(9)3-2-6-13-11/h2-8H,12H2,1H3,(H,13,14)/b5-4+. The number of nitrogens with one attached hydrogen (secondary N) is 1. The van der Waals surface area contributed by atoms with Crippen molar-refractivity contribution in [3.63, 3.8) is 0 Å². The molecule has 0 fully saturated rings. The Morgan fingerprint density at radius 2 is 2.43 bits per heavy atom. The lowest BCUT2D eigenvalue weighted by Gasteiger charge is -1.93. The Morgan fingerprint density at radius 3 is 3.21 bits per heavy atom. The maximum Gasteiger partial charge on any atom is 0.137 e. The summed E-state index contributed by atoms with van der Waals surface area (Å²) in [6, 6.07) is 4.05. The van der Waals surface area contributed by atoms with Gasteiger partial charge in [-0.3, -0.25) is 0 Å². The maximum absolute atomic E-state index is 5.64. The minimum Gasteiger partial charge on any atom is -0.346 e. The van der Waals surface area contributed by atoms with E-state index in [0.29, 0.717) is 0 Å². The molecule has 0 bridgehead atoms. The highest BCUT2D eigenvalue weighted by Crippen LogP contribution is 2.16. The highest BCUT2D eigenvalue weighted by molar-refractivity contribution is 5.86. The third-order valence-electron chi connectivity index (χ3n) is 2.06. The lowest BCUT2D eigenvalue weighted by molar-refractivity contribution is 0.931. The van der Waals surface area contributed by atoms with Gasteiger partial charge in [-0.15, -0.1) is 0 Å². The molecule has 2 aromatic heterocycles. The van der Waals surface area contributed by atoms with Gasteiger partial charge >= 0.3 is 0 Å². The fourth-order valence-electron chi connectivity index (χ4n) is 1.37. The van der Waals surface area contributed by atoms with Crippen molar-refractivity contribution in [2.24, 2.45) is 5.73 Å². The van der Waals surface area contributed by atoms with Gasteiger partial charge < -0.3 is 10.7 Å². The molecule has 1 atom stereocenters. The van der Waals surface area contributed by atoms with Crippen molar-refractivity contribution in [1.82, 2.24) is 9.97 Å². The lowest BCUT2D eigenvalue weighted by atomic mass is 10.2. The Kier molecular flexibility index (Phi) is 2.33. The monoisotopic (exact) mass is 187 g/mol. The summed E-state index contributed by atoms with van der Waals surface area (Å²) in [7, 11) is 0. The first kappa shape index (κ1) is 8.97. The number of nitrogens with zero attached hydrogens (tertiary/aromatic N) is 1. The van der Waals surface area contributed by atoms with Crippen molar-refractivity contribution in [2.75, 3.05) is 0 Å². The minimum absolute atomic E-state index is 0.0802. The molecule has 3 nitrogen and oxygen atoms in total. The number of H-pyrrole nitrogens is 1. The van der Waals surface area contributed by atoms with Crippen molar-refractivity contribution in [3.05, 3.63) is 36.2 Å². The summed E-state index contributed by atoms with van der Waals surface area (Å²) in [6.45, 7) is 1.95. The van der Waals surface area contributed by atoms with Crippen molar-refractivity contribution in [3.8, 4) is 0 Å². The Bertz CT molecular complexity index is 454. The molecule has 0 saturated heterocycles. The predicted octanol–water partition coefficient (Wildman–Crippen LogP) is 1.92. The summed E-state index contributed by atoms with van der Waals surface area (Å²) in [5.41, 5.74) is 7.68. The van der Waals surface area contributed by atoms with Crippen LogP contribution in [0, 0.1) is 0 Å². The van der Waals surface area contributed by atoms with Crippen LogP contribution in [0.2, 0.25) is 0 Å². The third-order valence-corrected chi connectivity index (χ3v) is 2.06. The molecule has 2 heterocycles. The van der Waals surface area contributed by atoms with E-state index < -0.39 is 0 Å². The molecule has 2 aromatic rings. The Morgan fingerprint density at radius 1 is 1.57 bits per heavy atom. The van der Waals surface area contributed by atoms with E-state index >= 15 is 0 Å². The van der Waals surface area contributed by atoms with Crippen LogP contribution in [0.3, 0.4) is 0 Å². The van der Waals surface area contributed by atoms with E-state index in [4.69, 9.17) is 5.73 Å². The van der Waals surface area contributed by atoms with Crippen LogP contribution in [0.1, 0.15) is 12.5 Å². The fourth-order valence-corrected chi connectivity index (χ4v) is 1.37. The van der Waals surface area contributed by atoms with Gasteiger partial charge in [0.1, 0.15) is 5.65 Å². The zero-order valence-corrected chi connectivity index (χ0v) is 8.07. The molecule has 3 N–H and O–H groups in total. The second-order valence-electron chi connectivity index (χ2n) is 3.36. The van der Waals surface area contributed by atoms with E-state index in [1.807, 2.05) is 37.4 Å². The molecule has 0 aliphatic rings. The average molecular weight is 187 g/mol. The molecular formula is C11H13N3. The van der Waals surface area contributed by atoms with Crippen LogP contribution in [0.15, 0.2) is 30.6 Å². The highest BCUT2D eigenvalue weighted by Gasteiger charge is 1.99. The van der Waals surface area contributed by atoms with E-state index in [1.165, 1.54) is 0 Å². The summed E-state index contributed by atoms with van der Waals surface area (Å²) in [5.74, 6) is 0. The molecule has 0 aliphatic carbocycles. The van der Waals surface area contributed by atoms with E-state index in [-0.39, 0.29) is 6.04 Å². The fraction of sp³-hybridized carbons (Fsp3) is 0.182. The number of fused-ring (bicyclic) bond motifs is 1. The summed E-state index contributed by atoms with van der Waals surface area (Å²) >= 11 is 0. The zero-order valence-electron chi connectivity index (χ0n) is 8.07. The van der Waals surface area contributed by atoms with Crippen LogP contribution in [0.4, 0.5) is 0 Å². The van der Waals surface area contributed by atoms with Crippen LogP contribution < -0.4 is 5.73 Å². The summed E-state index contributed by atoms with van der Waals surface area (Å²) in [5, 5.41) is 1.13. The molecule has 0 saturated carbocycles. The van der Waals surface area contributed by atoms with E-state index in [1.54, 1.807) is 6.20 Å². The number of nitrogens with two attached hydrogens (primary N) is 1. The molecule has 0 aliphatic heterocycles. The van der Waals surface area contributed by atoms with Gasteiger partial charge in [0.2, 0.25) is 0 Å². The summed E-state index contributed by atoms with van der Waals surface area (Å²) in [4.78, 5) is 7.32. The van der Waals surface area contributed by atoms with Gasteiger partial charge in [0.15, 0.2) is 0 Å². The van der Waals surface area contributed by atoms with Gasteiger partial charge in [-0.05, 0) is 19.1 Å². The van der Waals surface area contributed by atoms with Gasteiger partial charge in [0, 0.05) is 29.4 Å². The third kappa shape index (κ3) is 1.67. The van der Waals surface area contributed by atoms with Crippen LogP contribution in [0.5, 0.6) is 0 Å². The van der Waals surface area contributed by atoms with Crippen LogP contribution in [-0.4, -0.2) is 16.0 Å². The van der Waals surface area contributed by atoms with E-state index in [2.05, 4.69) is 9.97 Å². The molecule has 3 heteroatoms. The van der Waals surface area contributed by atoms with Crippen LogP contribution in [-0.2, 0) is 0 Å². The van der Waals surface area contributed by atoms with Crippen molar-refractivity contribution in [1.29, 1.82) is 0 Å². The normalized spacial score (nSPS) is 13.9. The quantitative estimate of drug-likeness (QED) is 0.754. The first-order valence-corrected chi connectivity index (χ1v) is 4.63. The van der Waals surface area contributed by atoms with Crippen molar-refractivity contribution < 1.29 is 0 Å². The molecule has 2 rings (SSSR count). The number of hydrogen-bond donors (Lipinski definition) is 2. The molecule has 0 amide bonds. The largest absolute Gasteiger partial charge is 0.346 e. The zero-order chi connectivity index (χ0) is 9.97. The van der Waals surface area contributed by atoms with Crippen molar-refractivity contribution >= 4 is 17.1 Å². The Balaban J connectivity index is 2.43. The molecular weight excluding hydrogens is 174 g/mol. The maximum atomic E-state index is 5.64. The second kappa shape index (κ2) is 3.64. The molecule has 0 aromatic carbocycles. The Hall–Kier alpha value is -1.61. The van der Waals surface area contributed by atoms with Gasteiger partial charge in [-0.1, -0.05) is 12.2 Å². The molecule has 1 unspecified atom stereocenters. The number of hydrogen-bond acceptors (Lipinski definition) is 2. The van der Waals surface area contributed by atoms with Crippen molar-refractivity contribution in [2.45, 2.75) is 13.0 Å². The number of rotatable bonds is 2. The topological polar surface area (TPSA) is 54.7 Å². The van der Waals surface area contributed by atoms with Gasteiger partial charge in [0.05, 0.1) is 0 Å². The van der Waals surface area contributed by atoms with Gasteiger partial charge in [-0.2, -0.15) is 0 Å². The summed E-state index contributed by atoms with van der Waals surface area (Å²) in [6.07, 6.45) is 7.70. The van der Waals surface area contributed by atoms with Crippen LogP contribution in [0.25, 0.3) is 17.1 Å². The predicted molar refractivity (Wildman–Crippen MR) is 58.8 cm³/mol. The second-order valence-corrected chi connectivity index (χ2v) is 3.36. The van der Waals surface area contributed by atoms with Crippen LogP contribution >= 0.6 is 0 Å². The van der Waals surface area contributed by atoms with E-state index in [0.717, 1.165) is 16.6 Å². The number of aromatic nitrogens is 2. The Labute approximate surface area is 82.7 Å². The van der Waals surface area contributed by atoms with Gasteiger partial charge in [0.25, 0.3) is 0 Å².